The average Bonchev–Trinajstić information content (AvgIpc) is 3.33. The summed E-state index contributed by atoms with van der Waals surface area (Å²) in [6, 6.07) is 15.7. The van der Waals surface area contributed by atoms with Crippen LogP contribution in [-0.2, 0) is 0 Å². The van der Waals surface area contributed by atoms with E-state index in [-0.39, 0.29) is 5.91 Å². The first kappa shape index (κ1) is 24.0. The number of hydrogen-bond donors (Lipinski definition) is 3. The fraction of sp³-hybridized carbons (Fsp3) is 0.370. The molecule has 0 spiro atoms. The van der Waals surface area contributed by atoms with Gasteiger partial charge in [-0.05, 0) is 50.7 Å². The van der Waals surface area contributed by atoms with Crippen LogP contribution in [0.15, 0.2) is 54.7 Å². The number of aromatic nitrogens is 2. The summed E-state index contributed by atoms with van der Waals surface area (Å²) in [7, 11) is 2.15. The van der Waals surface area contributed by atoms with Crippen molar-refractivity contribution in [3.8, 4) is 0 Å². The lowest BCUT2D eigenvalue weighted by molar-refractivity contribution is 0.0766. The lowest BCUT2D eigenvalue weighted by Crippen LogP contribution is -2.44. The first-order valence-electron chi connectivity index (χ1n) is 12.4. The van der Waals surface area contributed by atoms with Gasteiger partial charge in [-0.25, -0.2) is 4.98 Å². The Hall–Kier alpha value is -3.69. The molecule has 0 aliphatic carbocycles. The molecule has 3 aromatic rings. The Bertz CT molecular complexity index is 1230. The Morgan fingerprint density at radius 1 is 1.03 bits per heavy atom. The number of nitrogens with one attached hydrogen (secondary N) is 2. The van der Waals surface area contributed by atoms with E-state index in [2.05, 4.69) is 44.6 Å². The van der Waals surface area contributed by atoms with Crippen LogP contribution in [0.2, 0.25) is 0 Å². The Morgan fingerprint density at radius 2 is 1.83 bits per heavy atom. The van der Waals surface area contributed by atoms with E-state index >= 15 is 0 Å². The lowest BCUT2D eigenvalue weighted by atomic mass is 10.1. The van der Waals surface area contributed by atoms with Crippen molar-refractivity contribution in [2.24, 2.45) is 0 Å². The molecule has 0 radical (unpaired) electrons. The molecule has 3 N–H and O–H groups in total. The number of hydrogen-bond acceptors (Lipinski definition) is 8. The molecule has 2 aliphatic heterocycles. The summed E-state index contributed by atoms with van der Waals surface area (Å²) in [5.74, 6) is 1.01. The van der Waals surface area contributed by atoms with E-state index in [4.69, 9.17) is 4.98 Å². The Labute approximate surface area is 211 Å². The summed E-state index contributed by atoms with van der Waals surface area (Å²) in [6.07, 6.45) is 1.92. The van der Waals surface area contributed by atoms with Crippen molar-refractivity contribution in [2.75, 3.05) is 61.8 Å². The zero-order valence-electron chi connectivity index (χ0n) is 20.8. The van der Waals surface area contributed by atoms with E-state index in [0.29, 0.717) is 42.5 Å². The summed E-state index contributed by atoms with van der Waals surface area (Å²) in [6.45, 7) is 6.96. The minimum absolute atomic E-state index is 0.0968. The molecule has 188 valence electrons. The van der Waals surface area contributed by atoms with E-state index in [9.17, 15) is 9.90 Å². The molecule has 5 rings (SSSR count). The molecule has 2 saturated heterocycles. The van der Waals surface area contributed by atoms with Gasteiger partial charge in [0, 0.05) is 62.4 Å². The molecule has 0 unspecified atom stereocenters. The van der Waals surface area contributed by atoms with E-state index in [1.54, 1.807) is 17.2 Å². The molecule has 0 bridgehead atoms. The van der Waals surface area contributed by atoms with Crippen molar-refractivity contribution in [1.29, 1.82) is 0 Å². The predicted molar refractivity (Wildman–Crippen MR) is 142 cm³/mol. The van der Waals surface area contributed by atoms with Gasteiger partial charge in [0.1, 0.15) is 5.82 Å². The van der Waals surface area contributed by atoms with Crippen LogP contribution >= 0.6 is 0 Å². The molecule has 36 heavy (non-hydrogen) atoms. The predicted octanol–water partition coefficient (Wildman–Crippen LogP) is 3.23. The van der Waals surface area contributed by atoms with Crippen molar-refractivity contribution in [1.82, 2.24) is 19.8 Å². The van der Waals surface area contributed by atoms with Crippen LogP contribution in [0.4, 0.5) is 28.8 Å². The number of aliphatic hydroxyl groups excluding tert-OH is 1. The summed E-state index contributed by atoms with van der Waals surface area (Å²) in [5, 5.41) is 16.5. The van der Waals surface area contributed by atoms with Crippen LogP contribution in [0, 0.1) is 6.92 Å². The van der Waals surface area contributed by atoms with Crippen molar-refractivity contribution >= 4 is 34.7 Å². The zero-order valence-corrected chi connectivity index (χ0v) is 20.8. The number of likely N-dealkylation sites (N-methyl/N-ethyl adjacent to an activating group) is 1. The molecule has 3 heterocycles. The number of aliphatic hydroxyl groups is 1. The lowest BCUT2D eigenvalue weighted by Gasteiger charge is -2.34. The third-order valence-corrected chi connectivity index (χ3v) is 6.80. The zero-order chi connectivity index (χ0) is 25.1. The monoisotopic (exact) mass is 487 g/mol. The van der Waals surface area contributed by atoms with Gasteiger partial charge in [-0.2, -0.15) is 4.98 Å². The van der Waals surface area contributed by atoms with Gasteiger partial charge >= 0.3 is 0 Å². The number of aryl methyl sites for hydroxylation is 1. The maximum absolute atomic E-state index is 13.1. The third-order valence-electron chi connectivity index (χ3n) is 6.80. The molecule has 9 heteroatoms. The number of β-amino-alcohol motifs (C(OH)–C–C–N with tert-alkyl or cyclic N) is 1. The summed E-state index contributed by atoms with van der Waals surface area (Å²) in [4.78, 5) is 28.7. The number of para-hydroxylation sites is 1. The normalized spacial score (nSPS) is 18.4. The molecular weight excluding hydrogens is 454 g/mol. The molecule has 2 fully saturated rings. The van der Waals surface area contributed by atoms with Crippen LogP contribution in [0.25, 0.3) is 0 Å². The highest BCUT2D eigenvalue weighted by atomic mass is 16.3. The van der Waals surface area contributed by atoms with E-state index < -0.39 is 6.10 Å². The van der Waals surface area contributed by atoms with Crippen molar-refractivity contribution in [3.05, 3.63) is 65.9 Å². The second-order valence-corrected chi connectivity index (χ2v) is 9.56. The molecule has 1 amide bonds. The van der Waals surface area contributed by atoms with E-state index in [1.165, 1.54) is 5.69 Å². The summed E-state index contributed by atoms with van der Waals surface area (Å²) in [5.41, 5.74) is 4.20. The van der Waals surface area contributed by atoms with E-state index in [1.807, 2.05) is 37.3 Å². The minimum Gasteiger partial charge on any atom is -0.391 e. The number of rotatable bonds is 6. The average molecular weight is 488 g/mol. The molecule has 1 aromatic heterocycles. The van der Waals surface area contributed by atoms with Crippen molar-refractivity contribution in [2.45, 2.75) is 19.4 Å². The van der Waals surface area contributed by atoms with Gasteiger partial charge in [-0.3, -0.25) is 4.79 Å². The Kier molecular flexibility index (Phi) is 7.02. The highest BCUT2D eigenvalue weighted by molar-refractivity contribution is 6.00. The van der Waals surface area contributed by atoms with Gasteiger partial charge in [0.05, 0.1) is 17.4 Å². The fourth-order valence-corrected chi connectivity index (χ4v) is 4.61. The first-order valence-corrected chi connectivity index (χ1v) is 12.4. The SMILES string of the molecule is Cc1cnc(Nc2cccc(N3CCN(C)CC3)c2)nc1Nc1ccccc1C(=O)N1CC[C@H](O)C1. The van der Waals surface area contributed by atoms with Gasteiger partial charge < -0.3 is 30.4 Å². The van der Waals surface area contributed by atoms with Gasteiger partial charge in [0.25, 0.3) is 5.91 Å². The molecule has 2 aliphatic rings. The van der Waals surface area contributed by atoms with Crippen LogP contribution in [0.1, 0.15) is 22.3 Å². The highest BCUT2D eigenvalue weighted by Gasteiger charge is 2.27. The number of amides is 1. The number of nitrogens with zero attached hydrogens (tertiary/aromatic N) is 5. The molecule has 0 saturated carbocycles. The topological polar surface area (TPSA) is 96.9 Å². The number of carbonyl (C=O) groups excluding carboxylic acids is 1. The van der Waals surface area contributed by atoms with Gasteiger partial charge in [-0.15, -0.1) is 0 Å². The quantitative estimate of drug-likeness (QED) is 0.488. The largest absolute Gasteiger partial charge is 0.391 e. The van der Waals surface area contributed by atoms with Crippen LogP contribution in [0.5, 0.6) is 0 Å². The maximum atomic E-state index is 13.1. The summed E-state index contributed by atoms with van der Waals surface area (Å²) < 4.78 is 0. The smallest absolute Gasteiger partial charge is 0.256 e. The van der Waals surface area contributed by atoms with Gasteiger partial charge in [0.2, 0.25) is 5.95 Å². The summed E-state index contributed by atoms with van der Waals surface area (Å²) >= 11 is 0. The van der Waals surface area contributed by atoms with Crippen molar-refractivity contribution < 1.29 is 9.90 Å². The fourth-order valence-electron chi connectivity index (χ4n) is 4.61. The van der Waals surface area contributed by atoms with Crippen LogP contribution < -0.4 is 15.5 Å². The standard InChI is InChI=1S/C27H33N7O2/c1-19-17-28-27(29-20-6-5-7-21(16-20)33-14-12-32(2)13-15-33)31-25(19)30-24-9-4-3-8-23(24)26(36)34-11-10-22(35)18-34/h3-9,16-17,22,35H,10-15,18H2,1-2H3,(H2,28,29,30,31)/t22-/m0/s1. The number of carbonyl (C=O) groups is 1. The molecule has 1 atom stereocenters. The van der Waals surface area contributed by atoms with Crippen LogP contribution in [0.3, 0.4) is 0 Å². The number of anilines is 5. The Morgan fingerprint density at radius 3 is 2.61 bits per heavy atom. The minimum atomic E-state index is -0.457. The van der Waals surface area contributed by atoms with E-state index in [0.717, 1.165) is 37.4 Å². The number of benzene rings is 2. The molecule has 2 aromatic carbocycles. The van der Waals surface area contributed by atoms with Gasteiger partial charge in [-0.1, -0.05) is 18.2 Å². The second-order valence-electron chi connectivity index (χ2n) is 9.56. The second kappa shape index (κ2) is 10.5. The Balaban J connectivity index is 1.33. The first-order chi connectivity index (χ1) is 17.5. The molecule has 9 nitrogen and oxygen atoms in total. The van der Waals surface area contributed by atoms with Crippen molar-refractivity contribution in [3.63, 3.8) is 0 Å². The maximum Gasteiger partial charge on any atom is 0.256 e. The number of piperazine rings is 1. The highest BCUT2D eigenvalue weighted by Crippen LogP contribution is 2.27. The van der Waals surface area contributed by atoms with Gasteiger partial charge in [0.15, 0.2) is 0 Å². The van der Waals surface area contributed by atoms with Crippen LogP contribution in [-0.4, -0.2) is 83.2 Å². The number of likely N-dealkylation sites (tertiary alicyclic amines) is 1. The third kappa shape index (κ3) is 5.42. The molecular formula is C27H33N7O2.